The third kappa shape index (κ3) is 2.47. The maximum Gasteiger partial charge on any atom is 0.416 e. The fourth-order valence-corrected chi connectivity index (χ4v) is 1.85. The van der Waals surface area contributed by atoms with Gasteiger partial charge in [0.1, 0.15) is 11.3 Å². The first kappa shape index (κ1) is 12.6. The summed E-state index contributed by atoms with van der Waals surface area (Å²) in [6.45, 7) is 0. The van der Waals surface area contributed by atoms with E-state index < -0.39 is 11.7 Å². The van der Waals surface area contributed by atoms with Crippen molar-refractivity contribution < 1.29 is 13.2 Å². The average molecular weight is 278 g/mol. The van der Waals surface area contributed by atoms with E-state index in [4.69, 9.17) is 0 Å². The van der Waals surface area contributed by atoms with Gasteiger partial charge in [-0.2, -0.15) is 13.2 Å². The van der Waals surface area contributed by atoms with Crippen LogP contribution in [0.3, 0.4) is 0 Å². The molecule has 0 radical (unpaired) electrons. The Morgan fingerprint density at radius 1 is 1.05 bits per heavy atom. The predicted molar refractivity (Wildman–Crippen MR) is 65.9 cm³/mol. The van der Waals surface area contributed by atoms with Gasteiger partial charge >= 0.3 is 6.18 Å². The molecule has 0 atom stereocenters. The first-order chi connectivity index (χ1) is 9.52. The van der Waals surface area contributed by atoms with Gasteiger partial charge in [-0.05, 0) is 17.7 Å². The van der Waals surface area contributed by atoms with Crippen molar-refractivity contribution in [3.05, 3.63) is 53.7 Å². The SMILES string of the molecule is FC(F)(F)c1ccc(Cc2ncc3nc[nH]c3n2)cc1. The summed E-state index contributed by atoms with van der Waals surface area (Å²) in [4.78, 5) is 15.2. The first-order valence-electron chi connectivity index (χ1n) is 5.83. The number of imidazole rings is 1. The van der Waals surface area contributed by atoms with Crippen molar-refractivity contribution in [2.45, 2.75) is 12.6 Å². The van der Waals surface area contributed by atoms with Crippen LogP contribution in [0.25, 0.3) is 11.2 Å². The van der Waals surface area contributed by atoms with Crippen molar-refractivity contribution in [1.29, 1.82) is 0 Å². The van der Waals surface area contributed by atoms with Gasteiger partial charge in [-0.3, -0.25) is 0 Å². The van der Waals surface area contributed by atoms with Gasteiger partial charge in [0.15, 0.2) is 5.65 Å². The average Bonchev–Trinajstić information content (AvgIpc) is 2.86. The monoisotopic (exact) mass is 278 g/mol. The zero-order valence-electron chi connectivity index (χ0n) is 10.1. The Labute approximate surface area is 111 Å². The van der Waals surface area contributed by atoms with E-state index in [0.717, 1.165) is 17.7 Å². The molecule has 2 aromatic heterocycles. The van der Waals surface area contributed by atoms with E-state index >= 15 is 0 Å². The standard InChI is InChI=1S/C13H9F3N4/c14-13(15,16)9-3-1-8(2-4-9)5-11-17-6-10-12(20-11)19-7-18-10/h1-4,6-7H,5H2,(H,17,18,19,20). The second-order valence-electron chi connectivity index (χ2n) is 4.29. The number of hydrogen-bond acceptors (Lipinski definition) is 3. The molecule has 4 nitrogen and oxygen atoms in total. The molecule has 0 amide bonds. The zero-order valence-corrected chi connectivity index (χ0v) is 10.1. The van der Waals surface area contributed by atoms with E-state index in [2.05, 4.69) is 19.9 Å². The molecule has 3 rings (SSSR count). The maximum atomic E-state index is 12.4. The number of aromatic amines is 1. The Morgan fingerprint density at radius 3 is 2.50 bits per heavy atom. The van der Waals surface area contributed by atoms with Crippen molar-refractivity contribution in [2.24, 2.45) is 0 Å². The molecule has 0 unspecified atom stereocenters. The highest BCUT2D eigenvalue weighted by Gasteiger charge is 2.29. The van der Waals surface area contributed by atoms with Crippen molar-refractivity contribution in [3.63, 3.8) is 0 Å². The normalized spacial score (nSPS) is 11.9. The summed E-state index contributed by atoms with van der Waals surface area (Å²) in [7, 11) is 0. The lowest BCUT2D eigenvalue weighted by atomic mass is 10.1. The Balaban J connectivity index is 1.83. The van der Waals surface area contributed by atoms with E-state index in [0.29, 0.717) is 23.4 Å². The first-order valence-corrected chi connectivity index (χ1v) is 5.83. The second-order valence-corrected chi connectivity index (χ2v) is 4.29. The molecule has 1 aromatic carbocycles. The molecule has 0 spiro atoms. The summed E-state index contributed by atoms with van der Waals surface area (Å²) in [6.07, 6.45) is -0.851. The lowest BCUT2D eigenvalue weighted by molar-refractivity contribution is -0.137. The van der Waals surface area contributed by atoms with Crippen molar-refractivity contribution in [2.75, 3.05) is 0 Å². The number of alkyl halides is 3. The van der Waals surface area contributed by atoms with Gasteiger partial charge in [0.25, 0.3) is 0 Å². The molecule has 3 aromatic rings. The number of rotatable bonds is 2. The maximum absolute atomic E-state index is 12.4. The van der Waals surface area contributed by atoms with Gasteiger partial charge in [-0.15, -0.1) is 0 Å². The molecular weight excluding hydrogens is 269 g/mol. The molecule has 0 aliphatic rings. The highest BCUT2D eigenvalue weighted by atomic mass is 19.4. The topological polar surface area (TPSA) is 54.5 Å². The minimum atomic E-state index is -4.32. The third-order valence-electron chi connectivity index (χ3n) is 2.87. The lowest BCUT2D eigenvalue weighted by Crippen LogP contribution is -2.05. The quantitative estimate of drug-likeness (QED) is 0.784. The fourth-order valence-electron chi connectivity index (χ4n) is 1.85. The predicted octanol–water partition coefficient (Wildman–Crippen LogP) is 2.96. The number of hydrogen-bond donors (Lipinski definition) is 1. The van der Waals surface area contributed by atoms with Crippen molar-refractivity contribution in [1.82, 2.24) is 19.9 Å². The fraction of sp³-hybridized carbons (Fsp3) is 0.154. The van der Waals surface area contributed by atoms with E-state index in [-0.39, 0.29) is 0 Å². The van der Waals surface area contributed by atoms with Gasteiger partial charge in [0.05, 0.1) is 18.1 Å². The highest BCUT2D eigenvalue weighted by molar-refractivity contribution is 5.68. The molecule has 0 saturated heterocycles. The van der Waals surface area contributed by atoms with E-state index in [1.165, 1.54) is 18.5 Å². The minimum Gasteiger partial charge on any atom is -0.329 e. The van der Waals surface area contributed by atoms with Gasteiger partial charge in [-0.1, -0.05) is 12.1 Å². The number of nitrogens with one attached hydrogen (secondary N) is 1. The van der Waals surface area contributed by atoms with Crippen LogP contribution in [-0.2, 0) is 12.6 Å². The molecule has 0 aliphatic heterocycles. The molecular formula is C13H9F3N4. The summed E-state index contributed by atoms with van der Waals surface area (Å²) in [5, 5.41) is 0. The Hall–Kier alpha value is -2.44. The van der Waals surface area contributed by atoms with E-state index in [9.17, 15) is 13.2 Å². The highest BCUT2D eigenvalue weighted by Crippen LogP contribution is 2.29. The summed E-state index contributed by atoms with van der Waals surface area (Å²) in [5.41, 5.74) is 1.33. The van der Waals surface area contributed by atoms with Crippen LogP contribution < -0.4 is 0 Å². The Bertz CT molecular complexity index is 731. The van der Waals surface area contributed by atoms with Crippen LogP contribution in [0.4, 0.5) is 13.2 Å². The number of halogens is 3. The van der Waals surface area contributed by atoms with Crippen LogP contribution in [0.2, 0.25) is 0 Å². The largest absolute Gasteiger partial charge is 0.416 e. The van der Waals surface area contributed by atoms with Crippen LogP contribution in [-0.4, -0.2) is 19.9 Å². The molecule has 2 heterocycles. The molecule has 0 bridgehead atoms. The summed E-state index contributed by atoms with van der Waals surface area (Å²) >= 11 is 0. The summed E-state index contributed by atoms with van der Waals surface area (Å²) in [5.74, 6) is 0.529. The molecule has 1 N–H and O–H groups in total. The van der Waals surface area contributed by atoms with Crippen LogP contribution in [0.5, 0.6) is 0 Å². The minimum absolute atomic E-state index is 0.368. The number of nitrogens with zero attached hydrogens (tertiary/aromatic N) is 3. The van der Waals surface area contributed by atoms with Crippen molar-refractivity contribution >= 4 is 11.2 Å². The van der Waals surface area contributed by atoms with Gasteiger partial charge in [0.2, 0.25) is 0 Å². The number of aromatic nitrogens is 4. The van der Waals surface area contributed by atoms with Crippen molar-refractivity contribution in [3.8, 4) is 0 Å². The number of H-pyrrole nitrogens is 1. The third-order valence-corrected chi connectivity index (χ3v) is 2.87. The second kappa shape index (κ2) is 4.59. The Morgan fingerprint density at radius 2 is 1.80 bits per heavy atom. The van der Waals surface area contributed by atoms with Crippen LogP contribution in [0.15, 0.2) is 36.8 Å². The zero-order chi connectivity index (χ0) is 14.2. The molecule has 20 heavy (non-hydrogen) atoms. The van der Waals surface area contributed by atoms with Gasteiger partial charge in [-0.25, -0.2) is 15.0 Å². The van der Waals surface area contributed by atoms with Crippen LogP contribution >= 0.6 is 0 Å². The van der Waals surface area contributed by atoms with E-state index in [1.54, 1.807) is 6.20 Å². The lowest BCUT2D eigenvalue weighted by Gasteiger charge is -2.07. The number of benzene rings is 1. The summed E-state index contributed by atoms with van der Waals surface area (Å²) in [6, 6.07) is 4.99. The molecule has 0 saturated carbocycles. The van der Waals surface area contributed by atoms with Gasteiger partial charge < -0.3 is 4.98 Å². The van der Waals surface area contributed by atoms with Crippen LogP contribution in [0, 0.1) is 0 Å². The molecule has 102 valence electrons. The molecule has 0 aliphatic carbocycles. The molecule has 0 fully saturated rings. The van der Waals surface area contributed by atoms with Crippen LogP contribution in [0.1, 0.15) is 17.0 Å². The Kier molecular flexibility index (Phi) is 2.89. The van der Waals surface area contributed by atoms with E-state index in [1.807, 2.05) is 0 Å². The van der Waals surface area contributed by atoms with Gasteiger partial charge in [0, 0.05) is 6.42 Å². The smallest absolute Gasteiger partial charge is 0.329 e. The number of fused-ring (bicyclic) bond motifs is 1. The molecule has 7 heteroatoms. The summed E-state index contributed by atoms with van der Waals surface area (Å²) < 4.78 is 37.3.